The van der Waals surface area contributed by atoms with E-state index in [9.17, 15) is 0 Å². The number of hydrogen-bond acceptors (Lipinski definition) is 5. The molecule has 0 spiro atoms. The molecule has 0 N–H and O–H groups in total. The minimum Gasteiger partial charge on any atom is -0.368 e. The lowest BCUT2D eigenvalue weighted by molar-refractivity contribution is -0.222. The van der Waals surface area contributed by atoms with Crippen molar-refractivity contribution in [3.63, 3.8) is 0 Å². The Bertz CT molecular complexity index is 653. The average molecular weight is 410 g/mol. The van der Waals surface area contributed by atoms with Gasteiger partial charge < -0.3 is 23.8 Å². The van der Waals surface area contributed by atoms with Crippen molar-refractivity contribution in [3.8, 4) is 0 Å². The molecule has 0 amide bonds. The lowest BCUT2D eigenvalue weighted by Crippen LogP contribution is -2.38. The highest BCUT2D eigenvalue weighted by Gasteiger charge is 2.64. The number of nitrogens with zero attached hydrogens (tertiary/aromatic N) is 1. The molecule has 0 unspecified atom stereocenters. The van der Waals surface area contributed by atoms with E-state index < -0.39 is 5.79 Å². The number of fused-ring (bicyclic) bond motifs is 1. The summed E-state index contributed by atoms with van der Waals surface area (Å²) in [5, 5.41) is 0.111. The predicted octanol–water partition coefficient (Wildman–Crippen LogP) is 3.64. The molecule has 0 radical (unpaired) electrons. The summed E-state index contributed by atoms with van der Waals surface area (Å²) in [6, 6.07) is 10.2. The lowest BCUT2D eigenvalue weighted by atomic mass is 10.0. The van der Waals surface area contributed by atoms with E-state index >= 15 is 0 Å². The maximum Gasteiger partial charge on any atom is 0.190 e. The summed E-state index contributed by atoms with van der Waals surface area (Å²) >= 11 is 6.71. The molecule has 6 heteroatoms. The molecule has 4 rings (SSSR count). The van der Waals surface area contributed by atoms with Gasteiger partial charge in [0.25, 0.3) is 0 Å². The normalized spacial score (nSPS) is 38.7. The van der Waals surface area contributed by atoms with E-state index in [1.165, 1.54) is 0 Å². The van der Waals surface area contributed by atoms with Crippen LogP contribution in [0.3, 0.4) is 0 Å². The Hall–Kier alpha value is -0.690. The minimum atomic E-state index is -0.654. The Kier molecular flexibility index (Phi) is 6.03. The van der Waals surface area contributed by atoms with Crippen molar-refractivity contribution < 1.29 is 18.9 Å². The third-order valence-corrected chi connectivity index (χ3v) is 6.80. The third-order valence-electron chi connectivity index (χ3n) is 6.19. The highest BCUT2D eigenvalue weighted by atomic mass is 35.5. The van der Waals surface area contributed by atoms with Gasteiger partial charge >= 0.3 is 0 Å². The summed E-state index contributed by atoms with van der Waals surface area (Å²) in [5.41, 5.74) is 1.14. The molecule has 1 aromatic carbocycles. The van der Waals surface area contributed by atoms with Crippen molar-refractivity contribution in [1.29, 1.82) is 0 Å². The number of alkyl halides is 1. The van der Waals surface area contributed by atoms with E-state index in [0.29, 0.717) is 12.5 Å². The molecule has 7 atom stereocenters. The first-order valence-electron chi connectivity index (χ1n) is 10.5. The molecule has 2 heterocycles. The quantitative estimate of drug-likeness (QED) is 0.613. The van der Waals surface area contributed by atoms with E-state index in [4.69, 9.17) is 30.5 Å². The molecule has 3 fully saturated rings. The number of hydrogen-bond donors (Lipinski definition) is 0. The van der Waals surface area contributed by atoms with E-state index in [1.54, 1.807) is 0 Å². The van der Waals surface area contributed by atoms with Crippen LogP contribution in [0.4, 0.5) is 0 Å². The van der Waals surface area contributed by atoms with E-state index in [2.05, 4.69) is 30.9 Å². The second kappa shape index (κ2) is 8.21. The summed E-state index contributed by atoms with van der Waals surface area (Å²) in [6.45, 7) is 11.8. The number of benzene rings is 1. The number of halogens is 1. The van der Waals surface area contributed by atoms with E-state index in [0.717, 1.165) is 25.2 Å². The van der Waals surface area contributed by atoms with Gasteiger partial charge in [0.15, 0.2) is 12.1 Å². The third kappa shape index (κ3) is 4.11. The summed E-state index contributed by atoms with van der Waals surface area (Å²) in [5.74, 6) is 0.0318. The van der Waals surface area contributed by atoms with Crippen molar-refractivity contribution in [1.82, 2.24) is 4.90 Å². The fourth-order valence-corrected chi connectivity index (χ4v) is 5.05. The van der Waals surface area contributed by atoms with Gasteiger partial charge in [-0.25, -0.2) is 0 Å². The molecule has 1 saturated carbocycles. The molecule has 2 saturated heterocycles. The van der Waals surface area contributed by atoms with Crippen LogP contribution in [0.1, 0.15) is 33.3 Å². The van der Waals surface area contributed by atoms with Crippen LogP contribution >= 0.6 is 11.6 Å². The summed E-state index contributed by atoms with van der Waals surface area (Å²) in [7, 11) is 0. The van der Waals surface area contributed by atoms with Gasteiger partial charge in [0, 0.05) is 17.8 Å². The topological polar surface area (TPSA) is 40.2 Å². The zero-order valence-corrected chi connectivity index (χ0v) is 18.0. The van der Waals surface area contributed by atoms with Crippen LogP contribution in [-0.2, 0) is 25.6 Å². The van der Waals surface area contributed by atoms with Crippen LogP contribution in [0, 0.1) is 11.8 Å². The Morgan fingerprint density at radius 1 is 1.07 bits per heavy atom. The number of rotatable bonds is 8. The lowest BCUT2D eigenvalue weighted by Gasteiger charge is -2.26. The van der Waals surface area contributed by atoms with Crippen molar-refractivity contribution in [2.24, 2.45) is 11.8 Å². The Morgan fingerprint density at radius 2 is 1.79 bits per heavy atom. The molecular formula is C22H32ClNO4. The first-order valence-corrected chi connectivity index (χ1v) is 10.9. The summed E-state index contributed by atoms with van der Waals surface area (Å²) in [6.07, 6.45) is -0.889. The largest absolute Gasteiger partial charge is 0.368 e. The second-order valence-corrected chi connectivity index (χ2v) is 9.01. The highest BCUT2D eigenvalue weighted by Crippen LogP contribution is 2.53. The van der Waals surface area contributed by atoms with Crippen molar-refractivity contribution >= 4 is 11.6 Å². The molecule has 1 aliphatic carbocycles. The molecule has 1 aromatic rings. The van der Waals surface area contributed by atoms with Gasteiger partial charge in [-0.05, 0) is 38.4 Å². The first kappa shape index (κ1) is 20.6. The Balaban J connectivity index is 1.46. The monoisotopic (exact) mass is 409 g/mol. The molecule has 3 aliphatic rings. The van der Waals surface area contributed by atoms with Crippen LogP contribution in [-0.4, -0.2) is 60.3 Å². The fourth-order valence-electron chi connectivity index (χ4n) is 4.55. The van der Waals surface area contributed by atoms with Crippen LogP contribution in [0.25, 0.3) is 0 Å². The molecule has 0 aromatic heterocycles. The maximum atomic E-state index is 6.71. The zero-order chi connectivity index (χ0) is 19.9. The van der Waals surface area contributed by atoms with Gasteiger partial charge in [0.1, 0.15) is 12.2 Å². The van der Waals surface area contributed by atoms with Crippen LogP contribution in [0.5, 0.6) is 0 Å². The maximum absolute atomic E-state index is 6.71. The predicted molar refractivity (Wildman–Crippen MR) is 108 cm³/mol. The Morgan fingerprint density at radius 3 is 2.46 bits per heavy atom. The van der Waals surface area contributed by atoms with Gasteiger partial charge in [-0.1, -0.05) is 44.2 Å². The second-order valence-electron chi connectivity index (χ2n) is 8.50. The van der Waals surface area contributed by atoms with Gasteiger partial charge in [0.2, 0.25) is 0 Å². The van der Waals surface area contributed by atoms with Gasteiger partial charge in [-0.3, -0.25) is 0 Å². The molecule has 5 nitrogen and oxygen atoms in total. The first-order chi connectivity index (χ1) is 13.4. The van der Waals surface area contributed by atoms with Crippen LogP contribution in [0.15, 0.2) is 30.3 Å². The zero-order valence-electron chi connectivity index (χ0n) is 17.2. The van der Waals surface area contributed by atoms with Gasteiger partial charge in [0.05, 0.1) is 12.7 Å². The summed E-state index contributed by atoms with van der Waals surface area (Å²) < 4.78 is 24.8. The molecular weight excluding hydrogens is 378 g/mol. The van der Waals surface area contributed by atoms with Crippen molar-refractivity contribution in [2.45, 2.75) is 70.1 Å². The van der Waals surface area contributed by atoms with Gasteiger partial charge in [-0.15, -0.1) is 11.6 Å². The SMILES string of the molecule is CCN(CC)C[C@@H]1[C@@H](Cl)[C@H]1[C@H]1O[C@@H]2OC(C)(C)O[C@@H]2[C@H]1OCc1ccccc1. The van der Waals surface area contributed by atoms with Crippen LogP contribution in [0.2, 0.25) is 0 Å². The number of ether oxygens (including phenoxy) is 4. The van der Waals surface area contributed by atoms with Crippen molar-refractivity contribution in [3.05, 3.63) is 35.9 Å². The fraction of sp³-hybridized carbons (Fsp3) is 0.727. The Labute approximate surface area is 173 Å². The molecule has 2 aliphatic heterocycles. The highest BCUT2D eigenvalue weighted by molar-refractivity contribution is 6.23. The summed E-state index contributed by atoms with van der Waals surface area (Å²) in [4.78, 5) is 2.42. The molecule has 156 valence electrons. The minimum absolute atomic E-state index is 0.0992. The standard InChI is InChI=1S/C22H32ClNO4/c1-5-24(6-2)12-15-16(17(15)23)18-19(25-13-14-10-8-7-9-11-14)20-21(26-18)28-22(3,4)27-20/h7-11,15-21H,5-6,12-13H2,1-4H3/t15-,16-,17+,18+,19-,20+,21+/m0/s1. The average Bonchev–Trinajstić information content (AvgIpc) is 3.02. The van der Waals surface area contributed by atoms with Crippen LogP contribution < -0.4 is 0 Å². The van der Waals surface area contributed by atoms with Gasteiger partial charge in [-0.2, -0.15) is 0 Å². The molecule has 28 heavy (non-hydrogen) atoms. The van der Waals surface area contributed by atoms with E-state index in [1.807, 2.05) is 32.0 Å². The van der Waals surface area contributed by atoms with Crippen molar-refractivity contribution in [2.75, 3.05) is 19.6 Å². The van der Waals surface area contributed by atoms with E-state index in [-0.39, 0.29) is 35.9 Å². The molecule has 0 bridgehead atoms. The smallest absolute Gasteiger partial charge is 0.190 e.